The summed E-state index contributed by atoms with van der Waals surface area (Å²) in [5.41, 5.74) is 4.23. The number of benzene rings is 2. The Kier molecular flexibility index (Phi) is 5.64. The molecule has 5 nitrogen and oxygen atoms in total. The van der Waals surface area contributed by atoms with Crippen LogP contribution in [0.2, 0.25) is 0 Å². The number of ether oxygens (including phenoxy) is 1. The molecule has 0 unspecified atom stereocenters. The molecule has 0 aliphatic carbocycles. The van der Waals surface area contributed by atoms with Gasteiger partial charge in [0.25, 0.3) is 0 Å². The number of fused-ring (bicyclic) bond motifs is 1. The van der Waals surface area contributed by atoms with Crippen molar-refractivity contribution in [2.75, 3.05) is 19.4 Å². The molecule has 0 radical (unpaired) electrons. The topological polar surface area (TPSA) is 71.2 Å². The van der Waals surface area contributed by atoms with Crippen molar-refractivity contribution in [3.8, 4) is 5.75 Å². The van der Waals surface area contributed by atoms with Crippen molar-refractivity contribution in [1.82, 2.24) is 9.71 Å². The van der Waals surface area contributed by atoms with E-state index in [1.165, 1.54) is 0 Å². The number of rotatable bonds is 8. The molecule has 1 aromatic heterocycles. The minimum Gasteiger partial charge on any atom is -0.497 e. The summed E-state index contributed by atoms with van der Waals surface area (Å²) in [5.74, 6) is 0.888. The van der Waals surface area contributed by atoms with Gasteiger partial charge in [0.2, 0.25) is 10.0 Å². The molecule has 0 atom stereocenters. The number of sulfonamides is 1. The van der Waals surface area contributed by atoms with E-state index in [1.807, 2.05) is 55.5 Å². The molecule has 6 heteroatoms. The number of aryl methyl sites for hydroxylation is 2. The number of nitrogens with one attached hydrogen (secondary N) is 2. The van der Waals surface area contributed by atoms with Crippen molar-refractivity contribution in [3.05, 3.63) is 65.4 Å². The highest BCUT2D eigenvalue weighted by atomic mass is 32.2. The van der Waals surface area contributed by atoms with Gasteiger partial charge in [-0.15, -0.1) is 0 Å². The van der Waals surface area contributed by atoms with E-state index in [2.05, 4.69) is 9.71 Å². The zero-order chi connectivity index (χ0) is 18.6. The first-order valence-corrected chi connectivity index (χ1v) is 10.3. The number of methoxy groups -OCH3 is 1. The van der Waals surface area contributed by atoms with Crippen LogP contribution >= 0.6 is 0 Å². The zero-order valence-electron chi connectivity index (χ0n) is 15.1. The quantitative estimate of drug-likeness (QED) is 0.638. The summed E-state index contributed by atoms with van der Waals surface area (Å²) in [6.07, 6.45) is 1.14. The second-order valence-corrected chi connectivity index (χ2v) is 8.27. The van der Waals surface area contributed by atoms with Crippen LogP contribution in [0.15, 0.2) is 48.5 Å². The Labute approximate surface area is 154 Å². The molecular formula is C20H24N2O3S. The van der Waals surface area contributed by atoms with E-state index in [-0.39, 0.29) is 5.75 Å². The minimum atomic E-state index is -3.30. The molecule has 26 heavy (non-hydrogen) atoms. The van der Waals surface area contributed by atoms with Gasteiger partial charge in [-0.1, -0.05) is 30.3 Å². The Hall–Kier alpha value is -2.31. The summed E-state index contributed by atoms with van der Waals surface area (Å²) in [5, 5.41) is 1.07. The van der Waals surface area contributed by atoms with Gasteiger partial charge < -0.3 is 9.72 Å². The van der Waals surface area contributed by atoms with Crippen molar-refractivity contribution in [2.45, 2.75) is 19.8 Å². The number of aromatic amines is 1. The van der Waals surface area contributed by atoms with Gasteiger partial charge in [-0.05, 0) is 49.1 Å². The van der Waals surface area contributed by atoms with Crippen LogP contribution in [0.4, 0.5) is 0 Å². The lowest BCUT2D eigenvalue weighted by molar-refractivity contribution is 0.415. The first kappa shape index (κ1) is 18.5. The Morgan fingerprint density at radius 2 is 1.85 bits per heavy atom. The first-order chi connectivity index (χ1) is 12.5. The van der Waals surface area contributed by atoms with Crippen molar-refractivity contribution in [2.24, 2.45) is 0 Å². The fraction of sp³-hybridized carbons (Fsp3) is 0.300. The summed E-state index contributed by atoms with van der Waals surface area (Å²) in [6, 6.07) is 15.5. The maximum atomic E-state index is 12.2. The van der Waals surface area contributed by atoms with Gasteiger partial charge in [0.05, 0.1) is 12.9 Å². The Morgan fingerprint density at radius 3 is 2.58 bits per heavy atom. The Morgan fingerprint density at radius 1 is 1.08 bits per heavy atom. The van der Waals surface area contributed by atoms with Gasteiger partial charge in [-0.3, -0.25) is 0 Å². The van der Waals surface area contributed by atoms with Crippen LogP contribution in [-0.4, -0.2) is 32.8 Å². The van der Waals surface area contributed by atoms with E-state index in [0.29, 0.717) is 19.4 Å². The normalized spacial score (nSPS) is 11.8. The second kappa shape index (κ2) is 7.93. The molecule has 2 N–H and O–H groups in total. The maximum Gasteiger partial charge on any atom is 0.211 e. The van der Waals surface area contributed by atoms with E-state index in [9.17, 15) is 8.42 Å². The predicted octanol–water partition coefficient (Wildman–Crippen LogP) is 3.19. The molecule has 0 saturated heterocycles. The monoisotopic (exact) mass is 372 g/mol. The largest absolute Gasteiger partial charge is 0.497 e. The molecule has 3 rings (SSSR count). The lowest BCUT2D eigenvalue weighted by Crippen LogP contribution is -2.29. The van der Waals surface area contributed by atoms with Gasteiger partial charge in [0.15, 0.2) is 0 Å². The van der Waals surface area contributed by atoms with Gasteiger partial charge in [-0.25, -0.2) is 13.1 Å². The van der Waals surface area contributed by atoms with E-state index in [0.717, 1.165) is 33.5 Å². The summed E-state index contributed by atoms with van der Waals surface area (Å²) in [6.45, 7) is 2.38. The predicted molar refractivity (Wildman–Crippen MR) is 105 cm³/mol. The molecule has 138 valence electrons. The van der Waals surface area contributed by atoms with Gasteiger partial charge in [-0.2, -0.15) is 0 Å². The average molecular weight is 372 g/mol. The smallest absolute Gasteiger partial charge is 0.211 e. The van der Waals surface area contributed by atoms with E-state index >= 15 is 0 Å². The fourth-order valence-electron chi connectivity index (χ4n) is 3.11. The molecule has 1 heterocycles. The van der Waals surface area contributed by atoms with Crippen molar-refractivity contribution in [3.63, 3.8) is 0 Å². The molecule has 0 spiro atoms. The van der Waals surface area contributed by atoms with Crippen LogP contribution < -0.4 is 9.46 Å². The molecule has 3 aromatic rings. The summed E-state index contributed by atoms with van der Waals surface area (Å²) in [7, 11) is -1.66. The molecule has 0 fully saturated rings. The molecule has 0 amide bonds. The van der Waals surface area contributed by atoms with E-state index in [4.69, 9.17) is 4.74 Å². The standard InChI is InChI=1S/C20H24N2O3S/c1-15-18(19-14-17(25-2)8-9-20(19)22-15)10-12-21-26(23,24)13-11-16-6-4-3-5-7-16/h3-9,14,21-22H,10-13H2,1-2H3. The third-order valence-electron chi connectivity index (χ3n) is 4.53. The Bertz CT molecular complexity index is 979. The van der Waals surface area contributed by atoms with Crippen LogP contribution in [0.3, 0.4) is 0 Å². The van der Waals surface area contributed by atoms with Crippen LogP contribution in [-0.2, 0) is 22.9 Å². The van der Waals surface area contributed by atoms with Crippen molar-refractivity contribution in [1.29, 1.82) is 0 Å². The summed E-state index contributed by atoms with van der Waals surface area (Å²) in [4.78, 5) is 3.34. The van der Waals surface area contributed by atoms with Crippen LogP contribution in [0.5, 0.6) is 5.75 Å². The summed E-state index contributed by atoms with van der Waals surface area (Å²) < 4.78 is 32.5. The van der Waals surface area contributed by atoms with E-state index < -0.39 is 10.0 Å². The van der Waals surface area contributed by atoms with Crippen LogP contribution in [0, 0.1) is 6.92 Å². The van der Waals surface area contributed by atoms with E-state index in [1.54, 1.807) is 7.11 Å². The van der Waals surface area contributed by atoms with Gasteiger partial charge >= 0.3 is 0 Å². The lowest BCUT2D eigenvalue weighted by Gasteiger charge is -2.08. The van der Waals surface area contributed by atoms with Crippen molar-refractivity contribution < 1.29 is 13.2 Å². The van der Waals surface area contributed by atoms with Crippen molar-refractivity contribution >= 4 is 20.9 Å². The molecule has 0 aliphatic heterocycles. The zero-order valence-corrected chi connectivity index (χ0v) is 15.9. The molecular weight excluding hydrogens is 348 g/mol. The highest BCUT2D eigenvalue weighted by Gasteiger charge is 2.13. The molecule has 0 bridgehead atoms. The van der Waals surface area contributed by atoms with Gasteiger partial charge in [0, 0.05) is 23.1 Å². The SMILES string of the molecule is COc1ccc2[nH]c(C)c(CCNS(=O)(=O)CCc3ccccc3)c2c1. The number of aromatic nitrogens is 1. The molecule has 2 aromatic carbocycles. The average Bonchev–Trinajstić information content (AvgIpc) is 2.95. The second-order valence-electron chi connectivity index (χ2n) is 6.34. The highest BCUT2D eigenvalue weighted by molar-refractivity contribution is 7.89. The molecule has 0 saturated carbocycles. The highest BCUT2D eigenvalue weighted by Crippen LogP contribution is 2.26. The fourth-order valence-corrected chi connectivity index (χ4v) is 4.17. The van der Waals surface area contributed by atoms with Crippen LogP contribution in [0.25, 0.3) is 10.9 Å². The molecule has 0 aliphatic rings. The number of hydrogen-bond acceptors (Lipinski definition) is 3. The maximum absolute atomic E-state index is 12.2. The first-order valence-electron chi connectivity index (χ1n) is 8.65. The number of H-pyrrole nitrogens is 1. The van der Waals surface area contributed by atoms with Gasteiger partial charge in [0.1, 0.15) is 5.75 Å². The summed E-state index contributed by atoms with van der Waals surface area (Å²) >= 11 is 0. The third kappa shape index (κ3) is 4.45. The lowest BCUT2D eigenvalue weighted by atomic mass is 10.1. The van der Waals surface area contributed by atoms with Crippen LogP contribution in [0.1, 0.15) is 16.8 Å². The minimum absolute atomic E-state index is 0.0949. The Balaban J connectivity index is 1.62. The number of hydrogen-bond donors (Lipinski definition) is 2. The third-order valence-corrected chi connectivity index (χ3v) is 5.91.